The summed E-state index contributed by atoms with van der Waals surface area (Å²) in [6.07, 6.45) is 6.56. The predicted octanol–water partition coefficient (Wildman–Crippen LogP) is 6.14. The highest BCUT2D eigenvalue weighted by atomic mass is 14.7. The number of nitrogens with zero attached hydrogens (tertiary/aromatic N) is 2. The van der Waals surface area contributed by atoms with E-state index in [1.165, 1.54) is 32.7 Å². The van der Waals surface area contributed by atoms with Gasteiger partial charge in [-0.15, -0.1) is 0 Å². The van der Waals surface area contributed by atoms with Crippen LogP contribution in [0.1, 0.15) is 0 Å². The van der Waals surface area contributed by atoms with Crippen molar-refractivity contribution < 1.29 is 0 Å². The molecule has 4 aromatic carbocycles. The molecule has 5 rings (SSSR count). The third kappa shape index (κ3) is 3.31. The second-order valence-corrected chi connectivity index (χ2v) is 5.95. The van der Waals surface area contributed by atoms with Crippen LogP contribution in [0.5, 0.6) is 0 Å². The van der Waals surface area contributed by atoms with Crippen molar-refractivity contribution in [3.05, 3.63) is 110 Å². The van der Waals surface area contributed by atoms with Crippen LogP contribution >= 0.6 is 0 Å². The molecule has 0 aliphatic rings. The summed E-state index contributed by atoms with van der Waals surface area (Å²) in [7, 11) is 0. The van der Waals surface area contributed by atoms with Gasteiger partial charge in [-0.25, -0.2) is 0 Å². The van der Waals surface area contributed by atoms with Gasteiger partial charge < -0.3 is 0 Å². The van der Waals surface area contributed by atoms with Crippen LogP contribution in [0.2, 0.25) is 0 Å². The van der Waals surface area contributed by atoms with Crippen molar-refractivity contribution in [2.45, 2.75) is 0 Å². The molecular weight excluding hydrogens is 316 g/mol. The molecule has 2 heteroatoms. The number of benzene rings is 4. The third-order valence-corrected chi connectivity index (χ3v) is 4.35. The van der Waals surface area contributed by atoms with Crippen LogP contribution in [0.4, 0.5) is 0 Å². The van der Waals surface area contributed by atoms with E-state index < -0.39 is 0 Å². The Morgan fingerprint density at radius 2 is 1.08 bits per heavy atom. The molecule has 0 saturated carbocycles. The lowest BCUT2D eigenvalue weighted by Crippen LogP contribution is -1.82. The van der Waals surface area contributed by atoms with Gasteiger partial charge in [0, 0.05) is 24.8 Å². The molecule has 2 nitrogen and oxygen atoms in total. The van der Waals surface area contributed by atoms with Crippen molar-refractivity contribution in [3.8, 4) is 11.1 Å². The molecule has 1 heterocycles. The van der Waals surface area contributed by atoms with E-state index in [0.717, 1.165) is 0 Å². The average molecular weight is 334 g/mol. The molecule has 0 fully saturated rings. The molecule has 0 atom stereocenters. The van der Waals surface area contributed by atoms with E-state index in [1.807, 2.05) is 0 Å². The molecule has 0 bridgehead atoms. The van der Waals surface area contributed by atoms with Crippen LogP contribution in [-0.4, -0.2) is 9.97 Å². The zero-order valence-corrected chi connectivity index (χ0v) is 14.3. The monoisotopic (exact) mass is 334 g/mol. The number of hydrogen-bond acceptors (Lipinski definition) is 2. The first-order valence-electron chi connectivity index (χ1n) is 8.59. The second-order valence-electron chi connectivity index (χ2n) is 5.95. The quantitative estimate of drug-likeness (QED) is 0.344. The molecule has 5 aromatic rings. The topological polar surface area (TPSA) is 25.8 Å². The highest BCUT2D eigenvalue weighted by Gasteiger charge is 2.05. The molecule has 0 aliphatic carbocycles. The SMILES string of the molecule is c1ccc(-c2cccc3c2ccc2ccccc23)cc1.c1cnccn1. The number of hydrogen-bond donors (Lipinski definition) is 0. The minimum atomic E-state index is 1.27. The first-order chi connectivity index (χ1) is 12.9. The van der Waals surface area contributed by atoms with Gasteiger partial charge in [-0.1, -0.05) is 84.9 Å². The van der Waals surface area contributed by atoms with Crippen LogP contribution in [0, 0.1) is 0 Å². The van der Waals surface area contributed by atoms with Crippen LogP contribution < -0.4 is 0 Å². The van der Waals surface area contributed by atoms with E-state index in [1.54, 1.807) is 24.8 Å². The number of fused-ring (bicyclic) bond motifs is 3. The summed E-state index contributed by atoms with van der Waals surface area (Å²) < 4.78 is 0. The van der Waals surface area contributed by atoms with Gasteiger partial charge >= 0.3 is 0 Å². The van der Waals surface area contributed by atoms with Gasteiger partial charge in [-0.3, -0.25) is 9.97 Å². The fraction of sp³-hybridized carbons (Fsp3) is 0. The third-order valence-electron chi connectivity index (χ3n) is 4.35. The van der Waals surface area contributed by atoms with Crippen molar-refractivity contribution in [2.75, 3.05) is 0 Å². The molecule has 1 aromatic heterocycles. The fourth-order valence-electron chi connectivity index (χ4n) is 3.16. The Balaban J connectivity index is 0.000000240. The van der Waals surface area contributed by atoms with Crippen LogP contribution in [0.15, 0.2) is 110 Å². The first kappa shape index (κ1) is 16.0. The van der Waals surface area contributed by atoms with Gasteiger partial charge in [0.25, 0.3) is 0 Å². The maximum absolute atomic E-state index is 3.72. The Bertz CT molecular complexity index is 1090. The molecule has 0 amide bonds. The maximum Gasteiger partial charge on any atom is 0.0451 e. The summed E-state index contributed by atoms with van der Waals surface area (Å²) >= 11 is 0. The summed E-state index contributed by atoms with van der Waals surface area (Å²) in [6, 6.07) is 30.2. The smallest absolute Gasteiger partial charge is 0.0451 e. The normalized spacial score (nSPS) is 10.3. The van der Waals surface area contributed by atoms with Crippen LogP contribution in [0.3, 0.4) is 0 Å². The van der Waals surface area contributed by atoms with Gasteiger partial charge in [0.2, 0.25) is 0 Å². The molecule has 0 saturated heterocycles. The second kappa shape index (κ2) is 7.58. The molecule has 0 spiro atoms. The summed E-state index contributed by atoms with van der Waals surface area (Å²) in [5.41, 5.74) is 2.57. The lowest BCUT2D eigenvalue weighted by atomic mass is 9.95. The van der Waals surface area contributed by atoms with Gasteiger partial charge in [0.05, 0.1) is 0 Å². The molecule has 0 aliphatic heterocycles. The molecule has 0 unspecified atom stereocenters. The van der Waals surface area contributed by atoms with Crippen molar-refractivity contribution in [2.24, 2.45) is 0 Å². The van der Waals surface area contributed by atoms with Crippen LogP contribution in [0.25, 0.3) is 32.7 Å². The average Bonchev–Trinajstić information content (AvgIpc) is 2.75. The first-order valence-corrected chi connectivity index (χ1v) is 8.59. The highest BCUT2D eigenvalue weighted by Crippen LogP contribution is 2.32. The van der Waals surface area contributed by atoms with Gasteiger partial charge in [0.1, 0.15) is 0 Å². The summed E-state index contributed by atoms with van der Waals surface area (Å²) in [6.45, 7) is 0. The fourth-order valence-corrected chi connectivity index (χ4v) is 3.16. The lowest BCUT2D eigenvalue weighted by molar-refractivity contribution is 1.20. The molecule has 124 valence electrons. The lowest BCUT2D eigenvalue weighted by Gasteiger charge is -2.09. The van der Waals surface area contributed by atoms with Crippen molar-refractivity contribution in [1.82, 2.24) is 9.97 Å². The maximum atomic E-state index is 3.72. The van der Waals surface area contributed by atoms with Gasteiger partial charge in [0.15, 0.2) is 0 Å². The molecular formula is C24H18N2. The largest absolute Gasteiger partial charge is 0.262 e. The highest BCUT2D eigenvalue weighted by molar-refractivity contribution is 6.11. The Hall–Kier alpha value is -3.52. The minimum absolute atomic E-state index is 1.27. The van der Waals surface area contributed by atoms with E-state index in [4.69, 9.17) is 0 Å². The van der Waals surface area contributed by atoms with E-state index in [-0.39, 0.29) is 0 Å². The van der Waals surface area contributed by atoms with Crippen molar-refractivity contribution >= 4 is 21.5 Å². The Kier molecular flexibility index (Phi) is 4.66. The summed E-state index contributed by atoms with van der Waals surface area (Å²) in [5, 5.41) is 5.26. The Morgan fingerprint density at radius 3 is 1.81 bits per heavy atom. The molecule has 26 heavy (non-hydrogen) atoms. The van der Waals surface area contributed by atoms with E-state index in [9.17, 15) is 0 Å². The molecule has 0 radical (unpaired) electrons. The van der Waals surface area contributed by atoms with E-state index in [0.29, 0.717) is 0 Å². The number of rotatable bonds is 1. The predicted molar refractivity (Wildman–Crippen MR) is 109 cm³/mol. The summed E-state index contributed by atoms with van der Waals surface area (Å²) in [4.78, 5) is 7.44. The Labute approximate surface area is 152 Å². The van der Waals surface area contributed by atoms with E-state index >= 15 is 0 Å². The van der Waals surface area contributed by atoms with Crippen molar-refractivity contribution in [3.63, 3.8) is 0 Å². The van der Waals surface area contributed by atoms with E-state index in [2.05, 4.69) is 94.9 Å². The minimum Gasteiger partial charge on any atom is -0.262 e. The molecule has 0 N–H and O–H groups in total. The van der Waals surface area contributed by atoms with Gasteiger partial charge in [-0.2, -0.15) is 0 Å². The number of aromatic nitrogens is 2. The zero-order chi connectivity index (χ0) is 17.6. The standard InChI is InChI=1S/C20H14.C4H4N2/c1-2-7-15(8-3-1)18-11-6-12-19-17-10-5-4-9-16(17)13-14-20(18)19;1-2-6-4-3-5-1/h1-14H;1-4H. The van der Waals surface area contributed by atoms with Crippen LogP contribution in [-0.2, 0) is 0 Å². The zero-order valence-electron chi connectivity index (χ0n) is 14.3. The van der Waals surface area contributed by atoms with Crippen molar-refractivity contribution in [1.29, 1.82) is 0 Å². The van der Waals surface area contributed by atoms with Gasteiger partial charge in [-0.05, 0) is 32.7 Å². The summed E-state index contributed by atoms with van der Waals surface area (Å²) in [5.74, 6) is 0. The Morgan fingerprint density at radius 1 is 0.423 bits per heavy atom.